The van der Waals surface area contributed by atoms with E-state index in [4.69, 9.17) is 0 Å². The molecular formula is C12H18N2O4S2. The summed E-state index contributed by atoms with van der Waals surface area (Å²) in [5, 5.41) is 3.16. The van der Waals surface area contributed by atoms with Crippen molar-refractivity contribution in [2.45, 2.75) is 22.8 Å². The quantitative estimate of drug-likeness (QED) is 0.853. The molecule has 8 heteroatoms. The van der Waals surface area contributed by atoms with Crippen LogP contribution in [-0.4, -0.2) is 53.1 Å². The van der Waals surface area contributed by atoms with E-state index in [-0.39, 0.29) is 15.8 Å². The van der Waals surface area contributed by atoms with Gasteiger partial charge in [-0.3, -0.25) is 0 Å². The van der Waals surface area contributed by atoms with Crippen molar-refractivity contribution in [2.75, 3.05) is 25.9 Å². The van der Waals surface area contributed by atoms with Crippen molar-refractivity contribution in [3.63, 3.8) is 0 Å². The highest BCUT2D eigenvalue weighted by Crippen LogP contribution is 2.24. The fourth-order valence-electron chi connectivity index (χ4n) is 2.22. The Morgan fingerprint density at radius 3 is 2.30 bits per heavy atom. The zero-order chi connectivity index (χ0) is 15.0. The second-order valence-corrected chi connectivity index (χ2v) is 8.83. The summed E-state index contributed by atoms with van der Waals surface area (Å²) in [5.41, 5.74) is 0. The Bertz CT molecular complexity index is 698. The smallest absolute Gasteiger partial charge is 0.244 e. The minimum absolute atomic E-state index is 0.0453. The van der Waals surface area contributed by atoms with Crippen LogP contribution in [0.15, 0.2) is 34.1 Å². The van der Waals surface area contributed by atoms with Crippen molar-refractivity contribution >= 4 is 19.9 Å². The molecule has 20 heavy (non-hydrogen) atoms. The Hall–Kier alpha value is -0.960. The molecule has 1 aliphatic heterocycles. The van der Waals surface area contributed by atoms with Gasteiger partial charge in [-0.15, -0.1) is 0 Å². The molecule has 1 heterocycles. The summed E-state index contributed by atoms with van der Waals surface area (Å²) in [6, 6.07) is 5.78. The second kappa shape index (κ2) is 5.44. The van der Waals surface area contributed by atoms with Gasteiger partial charge in [0.25, 0.3) is 0 Å². The molecule has 0 aliphatic carbocycles. The number of sulfonamides is 1. The monoisotopic (exact) mass is 318 g/mol. The highest BCUT2D eigenvalue weighted by Gasteiger charge is 2.32. The Morgan fingerprint density at radius 1 is 1.15 bits per heavy atom. The van der Waals surface area contributed by atoms with E-state index in [9.17, 15) is 16.8 Å². The molecule has 0 saturated carbocycles. The first-order valence-electron chi connectivity index (χ1n) is 6.25. The van der Waals surface area contributed by atoms with Crippen molar-refractivity contribution in [3.8, 4) is 0 Å². The minimum atomic E-state index is -3.79. The Labute approximate surface area is 119 Å². The van der Waals surface area contributed by atoms with Crippen LogP contribution >= 0.6 is 0 Å². The number of nitrogens with zero attached hydrogens (tertiary/aromatic N) is 1. The number of rotatable bonds is 3. The van der Waals surface area contributed by atoms with Gasteiger partial charge in [-0.05, 0) is 19.1 Å². The second-order valence-electron chi connectivity index (χ2n) is 4.94. The summed E-state index contributed by atoms with van der Waals surface area (Å²) >= 11 is 0. The SMILES string of the molecule is C[C@@H]1CN(S(=O)(=O)c2ccccc2S(C)(=O)=O)CCN1. The van der Waals surface area contributed by atoms with Gasteiger partial charge in [-0.2, -0.15) is 4.31 Å². The maximum Gasteiger partial charge on any atom is 0.244 e. The standard InChI is InChI=1S/C12H18N2O4S2/c1-10-9-14(8-7-13-10)20(17,18)12-6-4-3-5-11(12)19(2,15)16/h3-6,10,13H,7-9H2,1-2H3/t10-/m1/s1. The molecule has 1 aliphatic rings. The van der Waals surface area contributed by atoms with Crippen molar-refractivity contribution in [1.29, 1.82) is 0 Å². The fraction of sp³-hybridized carbons (Fsp3) is 0.500. The molecule has 0 unspecified atom stereocenters. The third-order valence-electron chi connectivity index (χ3n) is 3.20. The number of piperazine rings is 1. The van der Waals surface area contributed by atoms with Gasteiger partial charge in [0.15, 0.2) is 9.84 Å². The van der Waals surface area contributed by atoms with Gasteiger partial charge in [0, 0.05) is 31.9 Å². The van der Waals surface area contributed by atoms with Gasteiger partial charge in [0.2, 0.25) is 10.0 Å². The molecule has 0 spiro atoms. The van der Waals surface area contributed by atoms with Crippen molar-refractivity contribution in [2.24, 2.45) is 0 Å². The molecule has 2 rings (SSSR count). The molecular weight excluding hydrogens is 300 g/mol. The molecule has 0 bridgehead atoms. The number of nitrogens with one attached hydrogen (secondary N) is 1. The first kappa shape index (κ1) is 15.4. The van der Waals surface area contributed by atoms with Gasteiger partial charge >= 0.3 is 0 Å². The summed E-state index contributed by atoms with van der Waals surface area (Å²) in [4.78, 5) is -0.289. The number of sulfone groups is 1. The predicted molar refractivity (Wildman–Crippen MR) is 75.8 cm³/mol. The van der Waals surface area contributed by atoms with E-state index in [1.807, 2.05) is 6.92 Å². The zero-order valence-electron chi connectivity index (χ0n) is 11.4. The third-order valence-corrected chi connectivity index (χ3v) is 6.41. The van der Waals surface area contributed by atoms with Crippen LogP contribution in [0, 0.1) is 0 Å². The average Bonchev–Trinajstić information content (AvgIpc) is 2.38. The lowest BCUT2D eigenvalue weighted by atomic mass is 10.3. The van der Waals surface area contributed by atoms with Gasteiger partial charge in [-0.1, -0.05) is 12.1 Å². The topological polar surface area (TPSA) is 83.6 Å². The zero-order valence-corrected chi connectivity index (χ0v) is 13.0. The summed E-state index contributed by atoms with van der Waals surface area (Å²) in [7, 11) is -7.38. The van der Waals surface area contributed by atoms with Gasteiger partial charge in [0.05, 0.1) is 4.90 Å². The van der Waals surface area contributed by atoms with Crippen LogP contribution in [-0.2, 0) is 19.9 Å². The van der Waals surface area contributed by atoms with Crippen LogP contribution in [0.25, 0.3) is 0 Å². The van der Waals surface area contributed by atoms with Crippen molar-refractivity contribution in [1.82, 2.24) is 9.62 Å². The van der Waals surface area contributed by atoms with Crippen LogP contribution in [0.3, 0.4) is 0 Å². The first-order chi connectivity index (χ1) is 9.23. The van der Waals surface area contributed by atoms with E-state index in [1.165, 1.54) is 28.6 Å². The lowest BCUT2D eigenvalue weighted by molar-refractivity contribution is 0.309. The molecule has 1 saturated heterocycles. The van der Waals surface area contributed by atoms with E-state index in [2.05, 4.69) is 5.32 Å². The van der Waals surface area contributed by atoms with Crippen molar-refractivity contribution in [3.05, 3.63) is 24.3 Å². The lowest BCUT2D eigenvalue weighted by Gasteiger charge is -2.31. The number of benzene rings is 1. The maximum atomic E-state index is 12.6. The highest BCUT2D eigenvalue weighted by atomic mass is 32.2. The molecule has 0 amide bonds. The Morgan fingerprint density at radius 2 is 1.75 bits per heavy atom. The fourth-order valence-corrected chi connectivity index (χ4v) is 5.36. The van der Waals surface area contributed by atoms with E-state index < -0.39 is 19.9 Å². The molecule has 1 aromatic carbocycles. The van der Waals surface area contributed by atoms with Crippen LogP contribution in [0.5, 0.6) is 0 Å². The van der Waals surface area contributed by atoms with Gasteiger partial charge < -0.3 is 5.32 Å². The number of hydrogen-bond donors (Lipinski definition) is 1. The summed E-state index contributed by atoms with van der Waals surface area (Å²) < 4.78 is 50.1. The minimum Gasteiger partial charge on any atom is -0.312 e. The highest BCUT2D eigenvalue weighted by molar-refractivity contribution is 7.93. The van der Waals surface area contributed by atoms with E-state index in [0.717, 1.165) is 6.26 Å². The molecule has 1 aromatic rings. The maximum absolute atomic E-state index is 12.6. The molecule has 1 fully saturated rings. The Kier molecular flexibility index (Phi) is 4.19. The molecule has 112 valence electrons. The van der Waals surface area contributed by atoms with Crippen LogP contribution < -0.4 is 5.32 Å². The number of hydrogen-bond acceptors (Lipinski definition) is 5. The summed E-state index contributed by atoms with van der Waals surface area (Å²) in [6.45, 7) is 3.12. The molecule has 1 N–H and O–H groups in total. The van der Waals surface area contributed by atoms with Crippen LogP contribution in [0.2, 0.25) is 0 Å². The van der Waals surface area contributed by atoms with Gasteiger partial charge in [-0.25, -0.2) is 16.8 Å². The Balaban J connectivity index is 2.50. The third kappa shape index (κ3) is 3.03. The van der Waals surface area contributed by atoms with E-state index in [1.54, 1.807) is 0 Å². The van der Waals surface area contributed by atoms with Crippen LogP contribution in [0.4, 0.5) is 0 Å². The van der Waals surface area contributed by atoms with Gasteiger partial charge in [0.1, 0.15) is 4.90 Å². The molecule has 0 aromatic heterocycles. The van der Waals surface area contributed by atoms with Crippen molar-refractivity contribution < 1.29 is 16.8 Å². The predicted octanol–water partition coefficient (Wildman–Crippen LogP) is 0.0725. The average molecular weight is 318 g/mol. The van der Waals surface area contributed by atoms with E-state index in [0.29, 0.717) is 19.6 Å². The molecule has 0 radical (unpaired) electrons. The molecule has 1 atom stereocenters. The van der Waals surface area contributed by atoms with E-state index >= 15 is 0 Å². The van der Waals surface area contributed by atoms with Crippen LogP contribution in [0.1, 0.15) is 6.92 Å². The lowest BCUT2D eigenvalue weighted by Crippen LogP contribution is -2.51. The molecule has 6 nitrogen and oxygen atoms in total. The summed E-state index contributed by atoms with van der Waals surface area (Å²) in [6.07, 6.45) is 1.02. The normalized spacial score (nSPS) is 21.8. The first-order valence-corrected chi connectivity index (χ1v) is 9.58. The summed E-state index contributed by atoms with van der Waals surface area (Å²) in [5.74, 6) is 0. The largest absolute Gasteiger partial charge is 0.312 e.